The van der Waals surface area contributed by atoms with Crippen molar-refractivity contribution in [2.24, 2.45) is 0 Å². The van der Waals surface area contributed by atoms with E-state index in [1.165, 1.54) is 0 Å². The maximum absolute atomic E-state index is 15.4. The minimum absolute atomic E-state index is 0. The Labute approximate surface area is 174 Å². The Hall–Kier alpha value is -2.70. The molecule has 7 heteroatoms. The van der Waals surface area contributed by atoms with Gasteiger partial charge in [0.25, 0.3) is 0 Å². The summed E-state index contributed by atoms with van der Waals surface area (Å²) in [5.74, 6) is -0.243. The molecule has 1 aliphatic heterocycles. The maximum atomic E-state index is 15.4. The van der Waals surface area contributed by atoms with Crippen LogP contribution in [0.15, 0.2) is 30.5 Å². The summed E-state index contributed by atoms with van der Waals surface area (Å²) in [6.45, 7) is 7.61. The summed E-state index contributed by atoms with van der Waals surface area (Å²) < 4.78 is 17.3. The van der Waals surface area contributed by atoms with Crippen LogP contribution in [0.2, 0.25) is 0 Å². The molecule has 2 aromatic carbocycles. The van der Waals surface area contributed by atoms with Crippen molar-refractivity contribution in [2.45, 2.75) is 33.7 Å². The number of halogens is 2. The van der Waals surface area contributed by atoms with Gasteiger partial charge in [0.2, 0.25) is 0 Å². The van der Waals surface area contributed by atoms with E-state index in [9.17, 15) is 0 Å². The highest BCUT2D eigenvalue weighted by Gasteiger charge is 2.27. The van der Waals surface area contributed by atoms with Crippen molar-refractivity contribution in [3.63, 3.8) is 0 Å². The van der Waals surface area contributed by atoms with Crippen LogP contribution < -0.4 is 5.32 Å². The highest BCUT2D eigenvalue weighted by molar-refractivity contribution is 5.96. The van der Waals surface area contributed by atoms with Crippen molar-refractivity contribution in [1.82, 2.24) is 25.3 Å². The van der Waals surface area contributed by atoms with Gasteiger partial charge in [-0.15, -0.1) is 12.4 Å². The van der Waals surface area contributed by atoms with E-state index >= 15 is 4.39 Å². The van der Waals surface area contributed by atoms with Gasteiger partial charge in [0.1, 0.15) is 5.82 Å². The summed E-state index contributed by atoms with van der Waals surface area (Å²) in [5.41, 5.74) is 8.45. The zero-order chi connectivity index (χ0) is 19.4. The summed E-state index contributed by atoms with van der Waals surface area (Å²) in [7, 11) is 0. The summed E-state index contributed by atoms with van der Waals surface area (Å²) in [5, 5.41) is 16.4. The first-order valence-corrected chi connectivity index (χ1v) is 9.57. The average molecular weight is 412 g/mol. The number of fused-ring (bicyclic) bond motifs is 2. The van der Waals surface area contributed by atoms with Crippen LogP contribution >= 0.6 is 12.4 Å². The number of aromatic nitrogens is 4. The van der Waals surface area contributed by atoms with Gasteiger partial charge in [-0.05, 0) is 43.5 Å². The summed E-state index contributed by atoms with van der Waals surface area (Å²) >= 11 is 0. The van der Waals surface area contributed by atoms with E-state index < -0.39 is 0 Å². The van der Waals surface area contributed by atoms with Crippen LogP contribution in [-0.2, 0) is 13.0 Å². The summed E-state index contributed by atoms with van der Waals surface area (Å²) in [6.07, 6.45) is 2.55. The monoisotopic (exact) mass is 411 g/mol. The average Bonchev–Trinajstić information content (AvgIpc) is 3.28. The summed E-state index contributed by atoms with van der Waals surface area (Å²) in [4.78, 5) is 0. The van der Waals surface area contributed by atoms with Gasteiger partial charge >= 0.3 is 0 Å². The molecule has 150 valence electrons. The zero-order valence-corrected chi connectivity index (χ0v) is 17.5. The normalized spacial score (nSPS) is 13.4. The molecule has 29 heavy (non-hydrogen) atoms. The van der Waals surface area contributed by atoms with E-state index in [2.05, 4.69) is 41.5 Å². The second-order valence-corrected chi connectivity index (χ2v) is 7.56. The Morgan fingerprint density at radius 2 is 1.86 bits per heavy atom. The number of aromatic amines is 1. The van der Waals surface area contributed by atoms with E-state index in [-0.39, 0.29) is 18.2 Å². The Balaban J connectivity index is 0.00000205. The largest absolute Gasteiger partial charge is 0.312 e. The Morgan fingerprint density at radius 1 is 1.10 bits per heavy atom. The molecule has 0 unspecified atom stereocenters. The van der Waals surface area contributed by atoms with Crippen LogP contribution in [0.4, 0.5) is 4.39 Å². The van der Waals surface area contributed by atoms with Gasteiger partial charge in [-0.25, -0.2) is 9.07 Å². The second-order valence-electron chi connectivity index (χ2n) is 7.56. The van der Waals surface area contributed by atoms with Gasteiger partial charge < -0.3 is 5.32 Å². The minimum atomic E-state index is -0.243. The van der Waals surface area contributed by atoms with Crippen molar-refractivity contribution in [3.8, 4) is 16.9 Å². The topological polar surface area (TPSA) is 58.5 Å². The fourth-order valence-electron chi connectivity index (χ4n) is 4.34. The lowest BCUT2D eigenvalue weighted by Crippen LogP contribution is -2.23. The number of nitrogens with zero attached hydrogens (tertiary/aromatic N) is 3. The number of hydrogen-bond acceptors (Lipinski definition) is 3. The number of para-hydroxylation sites is 1. The number of aryl methyl sites for hydroxylation is 3. The van der Waals surface area contributed by atoms with Crippen molar-refractivity contribution < 1.29 is 4.39 Å². The third-order valence-electron chi connectivity index (χ3n) is 5.68. The Morgan fingerprint density at radius 3 is 2.62 bits per heavy atom. The molecule has 5 nitrogen and oxygen atoms in total. The molecule has 0 amide bonds. The zero-order valence-electron chi connectivity index (χ0n) is 16.6. The quantitative estimate of drug-likeness (QED) is 0.508. The Kier molecular flexibility index (Phi) is 4.92. The van der Waals surface area contributed by atoms with Crippen LogP contribution in [0.5, 0.6) is 0 Å². The molecule has 4 aromatic rings. The molecule has 1 aliphatic rings. The number of hydrogen-bond donors (Lipinski definition) is 2. The molecular formula is C22H23ClFN5. The highest BCUT2D eigenvalue weighted by atomic mass is 35.5. The highest BCUT2D eigenvalue weighted by Crippen LogP contribution is 2.38. The SMILES string of the molecule is Cc1cccc(C)c1-n1nc2c(c1-c1c(F)cc(C)c3[nH]ncc13)CNCC2.Cl. The molecule has 0 saturated heterocycles. The van der Waals surface area contributed by atoms with Gasteiger partial charge in [0, 0.05) is 36.0 Å². The number of rotatable bonds is 2. The van der Waals surface area contributed by atoms with Crippen LogP contribution in [0.25, 0.3) is 27.8 Å². The molecule has 5 rings (SSSR count). The molecule has 0 bridgehead atoms. The standard InChI is InChI=1S/C22H22FN5.ClH/c1-12-5-4-6-13(2)21(12)28-22(15-10-24-8-7-18(15)27-28)19-16-11-25-26-20(16)14(3)9-17(19)23;/h4-6,9,11,24H,7-8,10H2,1-3H3,(H,25,26);1H. The van der Waals surface area contributed by atoms with Crippen molar-refractivity contribution in [1.29, 1.82) is 0 Å². The molecule has 2 N–H and O–H groups in total. The number of nitrogens with one attached hydrogen (secondary N) is 2. The molecule has 0 aliphatic carbocycles. The maximum Gasteiger partial charge on any atom is 0.133 e. The second kappa shape index (κ2) is 7.28. The summed E-state index contributed by atoms with van der Waals surface area (Å²) in [6, 6.07) is 7.77. The van der Waals surface area contributed by atoms with E-state index in [0.717, 1.165) is 63.2 Å². The molecule has 0 atom stereocenters. The smallest absolute Gasteiger partial charge is 0.133 e. The van der Waals surface area contributed by atoms with Gasteiger partial charge in [-0.1, -0.05) is 18.2 Å². The lowest BCUT2D eigenvalue weighted by atomic mass is 9.97. The number of benzene rings is 2. The fraction of sp³-hybridized carbons (Fsp3) is 0.273. The lowest BCUT2D eigenvalue weighted by Gasteiger charge is -2.17. The minimum Gasteiger partial charge on any atom is -0.312 e. The lowest BCUT2D eigenvalue weighted by molar-refractivity contribution is 0.628. The van der Waals surface area contributed by atoms with E-state index in [4.69, 9.17) is 5.10 Å². The molecule has 0 spiro atoms. The first-order chi connectivity index (χ1) is 13.6. The predicted octanol–water partition coefficient (Wildman–Crippen LogP) is 4.55. The van der Waals surface area contributed by atoms with Crippen molar-refractivity contribution in [3.05, 3.63) is 64.2 Å². The van der Waals surface area contributed by atoms with Crippen molar-refractivity contribution >= 4 is 23.3 Å². The van der Waals surface area contributed by atoms with Crippen molar-refractivity contribution in [2.75, 3.05) is 6.54 Å². The van der Waals surface area contributed by atoms with Crippen LogP contribution in [0, 0.1) is 26.6 Å². The van der Waals surface area contributed by atoms with Gasteiger partial charge in [-0.3, -0.25) is 5.10 Å². The molecule has 2 aromatic heterocycles. The predicted molar refractivity (Wildman–Crippen MR) is 115 cm³/mol. The molecular weight excluding hydrogens is 389 g/mol. The van der Waals surface area contributed by atoms with Crippen LogP contribution in [0.3, 0.4) is 0 Å². The third-order valence-corrected chi connectivity index (χ3v) is 5.68. The Bertz CT molecular complexity index is 1200. The van der Waals surface area contributed by atoms with Gasteiger partial charge in [-0.2, -0.15) is 10.2 Å². The van der Waals surface area contributed by atoms with E-state index in [1.54, 1.807) is 12.3 Å². The first kappa shape index (κ1) is 19.6. The molecule has 0 fully saturated rings. The molecule has 0 saturated carbocycles. The first-order valence-electron chi connectivity index (χ1n) is 9.57. The van der Waals surface area contributed by atoms with E-state index in [0.29, 0.717) is 12.1 Å². The van der Waals surface area contributed by atoms with Gasteiger partial charge in [0.05, 0.1) is 28.8 Å². The van der Waals surface area contributed by atoms with Crippen LogP contribution in [-0.4, -0.2) is 26.5 Å². The molecule has 3 heterocycles. The fourth-order valence-corrected chi connectivity index (χ4v) is 4.34. The van der Waals surface area contributed by atoms with Gasteiger partial charge in [0.15, 0.2) is 0 Å². The molecule has 0 radical (unpaired) electrons. The van der Waals surface area contributed by atoms with E-state index in [1.807, 2.05) is 17.7 Å². The number of H-pyrrole nitrogens is 1. The third kappa shape index (κ3) is 2.94. The van der Waals surface area contributed by atoms with Crippen LogP contribution in [0.1, 0.15) is 27.9 Å².